The zero-order chi connectivity index (χ0) is 17.4. The minimum absolute atomic E-state index is 0.101. The zero-order valence-corrected chi connectivity index (χ0v) is 13.8. The largest absolute Gasteiger partial charge is 0.348 e. The molecule has 0 saturated carbocycles. The summed E-state index contributed by atoms with van der Waals surface area (Å²) < 4.78 is 1.00. The Balaban J connectivity index is 1.44. The fourth-order valence-electron chi connectivity index (χ4n) is 2.75. The first-order valence-electron chi connectivity index (χ1n) is 7.67. The molecule has 1 fully saturated rings. The molecular weight excluding hydrogens is 344 g/mol. The SMILES string of the molecule is O=C(NCc1n[nH]c(=O)[nH]1)C1CC(=O)N(c2nc3ccccc3s2)C1. The van der Waals surface area contributed by atoms with Crippen LogP contribution in [0.2, 0.25) is 0 Å². The van der Waals surface area contributed by atoms with E-state index in [2.05, 4.69) is 25.5 Å². The number of rotatable bonds is 4. The van der Waals surface area contributed by atoms with E-state index in [1.807, 2.05) is 24.3 Å². The molecule has 0 radical (unpaired) electrons. The van der Waals surface area contributed by atoms with Gasteiger partial charge < -0.3 is 5.32 Å². The van der Waals surface area contributed by atoms with Gasteiger partial charge in [-0.1, -0.05) is 23.5 Å². The van der Waals surface area contributed by atoms with E-state index >= 15 is 0 Å². The first-order chi connectivity index (χ1) is 12.1. The highest BCUT2D eigenvalue weighted by atomic mass is 32.1. The van der Waals surface area contributed by atoms with E-state index < -0.39 is 11.6 Å². The average molecular weight is 358 g/mol. The number of anilines is 1. The number of amides is 2. The molecular formula is C15H14N6O3S. The van der Waals surface area contributed by atoms with Gasteiger partial charge in [-0.3, -0.25) is 19.5 Å². The van der Waals surface area contributed by atoms with E-state index in [4.69, 9.17) is 0 Å². The van der Waals surface area contributed by atoms with Gasteiger partial charge in [0, 0.05) is 13.0 Å². The third-order valence-corrected chi connectivity index (χ3v) is 5.05. The number of fused-ring (bicyclic) bond motifs is 1. The van der Waals surface area contributed by atoms with Crippen LogP contribution in [0.4, 0.5) is 5.13 Å². The van der Waals surface area contributed by atoms with Crippen LogP contribution in [0, 0.1) is 5.92 Å². The van der Waals surface area contributed by atoms with Gasteiger partial charge in [0.2, 0.25) is 11.8 Å². The number of para-hydroxylation sites is 1. The van der Waals surface area contributed by atoms with Crippen molar-refractivity contribution in [3.63, 3.8) is 0 Å². The molecule has 128 valence electrons. The normalized spacial score (nSPS) is 17.4. The van der Waals surface area contributed by atoms with E-state index in [9.17, 15) is 14.4 Å². The van der Waals surface area contributed by atoms with Crippen molar-refractivity contribution in [1.29, 1.82) is 0 Å². The predicted molar refractivity (Wildman–Crippen MR) is 91.1 cm³/mol. The molecule has 0 aliphatic carbocycles. The van der Waals surface area contributed by atoms with Gasteiger partial charge in [0.05, 0.1) is 22.7 Å². The van der Waals surface area contributed by atoms with Crippen molar-refractivity contribution in [2.24, 2.45) is 5.92 Å². The lowest BCUT2D eigenvalue weighted by atomic mass is 10.1. The number of nitrogens with zero attached hydrogens (tertiary/aromatic N) is 3. The van der Waals surface area contributed by atoms with Crippen molar-refractivity contribution in [2.75, 3.05) is 11.4 Å². The Kier molecular flexibility index (Phi) is 3.80. The fraction of sp³-hybridized carbons (Fsp3) is 0.267. The zero-order valence-electron chi connectivity index (χ0n) is 13.0. The molecule has 1 saturated heterocycles. The molecule has 0 spiro atoms. The van der Waals surface area contributed by atoms with Crippen LogP contribution in [0.15, 0.2) is 29.1 Å². The highest BCUT2D eigenvalue weighted by Gasteiger charge is 2.36. The van der Waals surface area contributed by atoms with Gasteiger partial charge in [-0.2, -0.15) is 5.10 Å². The second-order valence-electron chi connectivity index (χ2n) is 5.71. The first kappa shape index (κ1) is 15.5. The summed E-state index contributed by atoms with van der Waals surface area (Å²) in [4.78, 5) is 44.0. The number of aromatic amines is 2. The Hall–Kier alpha value is -3.01. The summed E-state index contributed by atoms with van der Waals surface area (Å²) in [6.07, 6.45) is 0.138. The van der Waals surface area contributed by atoms with Crippen LogP contribution in [0.25, 0.3) is 10.2 Å². The Labute approximate surface area is 145 Å². The molecule has 10 heteroatoms. The highest BCUT2D eigenvalue weighted by molar-refractivity contribution is 7.22. The molecule has 1 unspecified atom stereocenters. The summed E-state index contributed by atoms with van der Waals surface area (Å²) in [6.45, 7) is 0.394. The molecule has 1 atom stereocenters. The van der Waals surface area contributed by atoms with Gasteiger partial charge in [0.15, 0.2) is 5.13 Å². The molecule has 3 heterocycles. The summed E-state index contributed by atoms with van der Waals surface area (Å²) in [5.74, 6) is -0.482. The number of thiazole rings is 1. The van der Waals surface area contributed by atoms with Gasteiger partial charge in [0.25, 0.3) is 0 Å². The number of carbonyl (C=O) groups excluding carboxylic acids is 2. The summed E-state index contributed by atoms with van der Waals surface area (Å²) in [5.41, 5.74) is 0.410. The lowest BCUT2D eigenvalue weighted by Gasteiger charge is -2.12. The Morgan fingerprint density at radius 3 is 2.96 bits per heavy atom. The second-order valence-corrected chi connectivity index (χ2v) is 6.72. The van der Waals surface area contributed by atoms with Crippen LogP contribution in [0.3, 0.4) is 0 Å². The van der Waals surface area contributed by atoms with Gasteiger partial charge >= 0.3 is 5.69 Å². The molecule has 1 aromatic carbocycles. The molecule has 1 aliphatic rings. The number of hydrogen-bond acceptors (Lipinski definition) is 6. The molecule has 2 amide bonds. The molecule has 0 bridgehead atoms. The predicted octanol–water partition coefficient (Wildman–Crippen LogP) is 0.377. The average Bonchev–Trinajstić information content (AvgIpc) is 3.30. The minimum atomic E-state index is -0.454. The Morgan fingerprint density at radius 2 is 2.20 bits per heavy atom. The molecule has 4 rings (SSSR count). The van der Waals surface area contributed by atoms with Gasteiger partial charge in [0.1, 0.15) is 5.82 Å². The summed E-state index contributed by atoms with van der Waals surface area (Å²) in [7, 11) is 0. The molecule has 9 nitrogen and oxygen atoms in total. The van der Waals surface area contributed by atoms with Crippen LogP contribution in [-0.4, -0.2) is 38.5 Å². The maximum absolute atomic E-state index is 12.3. The van der Waals surface area contributed by atoms with Crippen molar-refractivity contribution >= 4 is 38.5 Å². The number of aromatic nitrogens is 4. The Morgan fingerprint density at radius 1 is 1.36 bits per heavy atom. The van der Waals surface area contributed by atoms with Gasteiger partial charge in [-0.15, -0.1) is 0 Å². The summed E-state index contributed by atoms with van der Waals surface area (Å²) in [6, 6.07) is 7.66. The van der Waals surface area contributed by atoms with Crippen molar-refractivity contribution in [3.8, 4) is 0 Å². The third kappa shape index (κ3) is 3.03. The van der Waals surface area contributed by atoms with Crippen LogP contribution >= 0.6 is 11.3 Å². The number of benzene rings is 1. The van der Waals surface area contributed by atoms with Crippen molar-refractivity contribution in [1.82, 2.24) is 25.5 Å². The summed E-state index contributed by atoms with van der Waals surface area (Å²) in [5, 5.41) is 9.25. The maximum Gasteiger partial charge on any atom is 0.340 e. The maximum atomic E-state index is 12.3. The topological polar surface area (TPSA) is 124 Å². The minimum Gasteiger partial charge on any atom is -0.348 e. The number of H-pyrrole nitrogens is 2. The first-order valence-corrected chi connectivity index (χ1v) is 8.49. The van der Waals surface area contributed by atoms with Crippen LogP contribution in [-0.2, 0) is 16.1 Å². The van der Waals surface area contributed by atoms with E-state index in [0.717, 1.165) is 10.2 Å². The van der Waals surface area contributed by atoms with Crippen molar-refractivity contribution < 1.29 is 9.59 Å². The van der Waals surface area contributed by atoms with E-state index in [1.54, 1.807) is 4.90 Å². The van der Waals surface area contributed by atoms with Crippen molar-refractivity contribution in [2.45, 2.75) is 13.0 Å². The Bertz CT molecular complexity index is 973. The second kappa shape index (κ2) is 6.13. The standard InChI is InChI=1S/C15H14N6O3S/c22-12-5-8(13(23)16-6-11-18-14(24)20-19-11)7-21(12)15-17-9-3-1-2-4-10(9)25-15/h1-4,8H,5-7H2,(H,16,23)(H2,18,19,20,24). The molecule has 3 N–H and O–H groups in total. The van der Waals surface area contributed by atoms with Crippen LogP contribution in [0.1, 0.15) is 12.2 Å². The number of nitrogens with one attached hydrogen (secondary N) is 3. The molecule has 3 aromatic rings. The van der Waals surface area contributed by atoms with Gasteiger partial charge in [-0.25, -0.2) is 14.9 Å². The fourth-order valence-corrected chi connectivity index (χ4v) is 3.74. The van der Waals surface area contributed by atoms with E-state index in [0.29, 0.717) is 17.5 Å². The highest BCUT2D eigenvalue weighted by Crippen LogP contribution is 2.32. The quantitative estimate of drug-likeness (QED) is 0.622. The number of hydrogen-bond donors (Lipinski definition) is 3. The lowest BCUT2D eigenvalue weighted by molar-refractivity contribution is -0.126. The molecule has 1 aliphatic heterocycles. The molecule has 25 heavy (non-hydrogen) atoms. The monoisotopic (exact) mass is 358 g/mol. The van der Waals surface area contributed by atoms with Crippen LogP contribution in [0.5, 0.6) is 0 Å². The van der Waals surface area contributed by atoms with Crippen molar-refractivity contribution in [3.05, 3.63) is 40.6 Å². The summed E-state index contributed by atoms with van der Waals surface area (Å²) >= 11 is 1.43. The lowest BCUT2D eigenvalue weighted by Crippen LogP contribution is -2.33. The molecule has 2 aromatic heterocycles. The van der Waals surface area contributed by atoms with Crippen LogP contribution < -0.4 is 15.9 Å². The number of carbonyl (C=O) groups is 2. The van der Waals surface area contributed by atoms with E-state index in [-0.39, 0.29) is 24.8 Å². The van der Waals surface area contributed by atoms with E-state index in [1.165, 1.54) is 11.3 Å². The van der Waals surface area contributed by atoms with Gasteiger partial charge in [-0.05, 0) is 12.1 Å². The third-order valence-electron chi connectivity index (χ3n) is 3.99. The smallest absolute Gasteiger partial charge is 0.340 e.